The van der Waals surface area contributed by atoms with Crippen LogP contribution in [0.1, 0.15) is 16.7 Å². The van der Waals surface area contributed by atoms with Crippen molar-refractivity contribution < 1.29 is 103 Å². The maximum Gasteiger partial charge on any atom is 3.00 e. The van der Waals surface area contributed by atoms with Crippen LogP contribution in [-0.2, 0) is 43.7 Å². The minimum absolute atomic E-state index is 0. The van der Waals surface area contributed by atoms with Crippen LogP contribution in [0.2, 0.25) is 0 Å². The third kappa shape index (κ3) is 14.3. The van der Waals surface area contributed by atoms with Crippen molar-refractivity contribution >= 4 is 58.1 Å². The molecule has 5 rings (SSSR count). The Bertz CT molecular complexity index is 2080. The number of hydrogen-bond donors (Lipinski definition) is 5. The molecular weight excluding hydrogens is 913 g/mol. The largest absolute Gasteiger partial charge is 3.00 e. The van der Waals surface area contributed by atoms with Crippen molar-refractivity contribution in [1.82, 2.24) is 29.6 Å². The smallest absolute Gasteiger partial charge is 0.480 e. The monoisotopic (exact) mass is 969 g/mol. The van der Waals surface area contributed by atoms with Crippen LogP contribution in [0.25, 0.3) is 21.7 Å². The number of hydrogen-bond acceptors (Lipinski definition) is 12. The van der Waals surface area contributed by atoms with Gasteiger partial charge >= 0.3 is 74.4 Å². The van der Waals surface area contributed by atoms with Crippen LogP contribution in [0.5, 0.6) is 0 Å². The van der Waals surface area contributed by atoms with Gasteiger partial charge in [-0.1, -0.05) is 42.5 Å². The van der Waals surface area contributed by atoms with Crippen LogP contribution in [0.15, 0.2) is 66.9 Å². The van der Waals surface area contributed by atoms with Gasteiger partial charge in [-0.05, 0) is 28.7 Å². The van der Waals surface area contributed by atoms with E-state index in [4.69, 9.17) is 4.84 Å². The van der Waals surface area contributed by atoms with Gasteiger partial charge in [-0.2, -0.15) is 9.63 Å². The van der Waals surface area contributed by atoms with Crippen molar-refractivity contribution in [3.05, 3.63) is 83.6 Å². The number of carbonyl (C=O) groups is 4. The zero-order chi connectivity index (χ0) is 42.6. The maximum atomic E-state index is 13.8. The number of carboxylic acids is 3. The molecule has 2 heterocycles. The molecule has 19 heteroatoms. The Morgan fingerprint density at radius 2 is 1.23 bits per heavy atom. The summed E-state index contributed by atoms with van der Waals surface area (Å²) in [7, 11) is 3.41. The van der Waals surface area contributed by atoms with Gasteiger partial charge in [-0.3, -0.25) is 38.8 Å². The summed E-state index contributed by atoms with van der Waals surface area (Å²) in [4.78, 5) is 62.9. The molecule has 320 valence electrons. The number of nitrogens with zero attached hydrogens (tertiary/aromatic N) is 7. The summed E-state index contributed by atoms with van der Waals surface area (Å²) in [6.45, 7) is 2.87. The number of benzene rings is 3. The normalized spacial score (nSPS) is 15.3. The van der Waals surface area contributed by atoms with Gasteiger partial charge in [-0.25, -0.2) is 0 Å². The van der Waals surface area contributed by atoms with Crippen molar-refractivity contribution in [3.8, 4) is 0 Å². The molecule has 0 radical (unpaired) electrons. The Hall–Kier alpha value is -3.46. The molecule has 0 spiro atoms. The number of carboxylic acid groups (broad SMARTS) is 3. The predicted molar refractivity (Wildman–Crippen MR) is 221 cm³/mol. The number of amides is 1. The number of aromatic nitrogens is 1. The van der Waals surface area contributed by atoms with Gasteiger partial charge in [0.25, 0.3) is 0 Å². The van der Waals surface area contributed by atoms with Crippen molar-refractivity contribution in [1.29, 1.82) is 0 Å². The Morgan fingerprint density at radius 1 is 0.700 bits per heavy atom. The first-order valence-corrected chi connectivity index (χ1v) is 19.5. The summed E-state index contributed by atoms with van der Waals surface area (Å²) in [6, 6.07) is 19.6. The van der Waals surface area contributed by atoms with E-state index < -0.39 is 25.0 Å². The van der Waals surface area contributed by atoms with Gasteiger partial charge in [0.05, 0.1) is 38.7 Å². The molecule has 5 N–H and O–H groups in total. The first-order valence-electron chi connectivity index (χ1n) is 19.5. The minimum atomic E-state index is -1.65. The molecule has 0 unspecified atom stereocenters. The predicted octanol–water partition coefficient (Wildman–Crippen LogP) is -0.564. The van der Waals surface area contributed by atoms with E-state index >= 15 is 0 Å². The van der Waals surface area contributed by atoms with E-state index in [1.54, 1.807) is 51.9 Å². The molecule has 0 atom stereocenters. The number of carbonyl (C=O) groups excluding carboxylic acids is 1. The van der Waals surface area contributed by atoms with E-state index in [1.807, 2.05) is 47.4 Å². The molecule has 17 nitrogen and oxygen atoms in total. The van der Waals surface area contributed by atoms with Gasteiger partial charge in [-0.15, -0.1) is 0 Å². The summed E-state index contributed by atoms with van der Waals surface area (Å²) in [5.74, 6) is -3.21. The van der Waals surface area contributed by atoms with Gasteiger partial charge in [0.2, 0.25) is 11.4 Å². The Kier molecular flexibility index (Phi) is 19.4. The first-order chi connectivity index (χ1) is 28.2. The van der Waals surface area contributed by atoms with Crippen molar-refractivity contribution in [2.45, 2.75) is 19.6 Å². The third-order valence-electron chi connectivity index (χ3n) is 10.7. The van der Waals surface area contributed by atoms with Crippen molar-refractivity contribution in [3.63, 3.8) is 0 Å². The van der Waals surface area contributed by atoms with E-state index in [1.165, 1.54) is 0 Å². The minimum Gasteiger partial charge on any atom is -0.480 e. The average molecular weight is 969 g/mol. The van der Waals surface area contributed by atoms with Crippen molar-refractivity contribution in [2.24, 2.45) is 0 Å². The second-order valence-corrected chi connectivity index (χ2v) is 15.1. The fourth-order valence-electron chi connectivity index (χ4n) is 7.54. The van der Waals surface area contributed by atoms with Crippen molar-refractivity contribution in [2.75, 3.05) is 99.7 Å². The third-order valence-corrected chi connectivity index (χ3v) is 10.7. The molecule has 3 aromatic carbocycles. The van der Waals surface area contributed by atoms with Crippen LogP contribution >= 0.6 is 0 Å². The molecule has 0 bridgehead atoms. The fourth-order valence-corrected chi connectivity index (χ4v) is 7.54. The summed E-state index contributed by atoms with van der Waals surface area (Å²) < 4.78 is 2.14. The van der Waals surface area contributed by atoms with Gasteiger partial charge in [0.15, 0.2) is 12.7 Å². The number of fused-ring (bicyclic) bond motifs is 3. The van der Waals surface area contributed by atoms with Crippen LogP contribution in [0.3, 0.4) is 0 Å². The van der Waals surface area contributed by atoms with Crippen LogP contribution in [-0.4, -0.2) is 186 Å². The topological polar surface area (TPSA) is 202 Å². The van der Waals surface area contributed by atoms with E-state index in [-0.39, 0.29) is 94.6 Å². The molecule has 0 saturated carbocycles. The number of hydroxylamine groups is 2. The molecule has 1 saturated heterocycles. The summed E-state index contributed by atoms with van der Waals surface area (Å²) in [5.41, 5.74) is 3.91. The number of likely N-dealkylation sites (N-methyl/N-ethyl adjacent to an activating group) is 1. The van der Waals surface area contributed by atoms with E-state index in [2.05, 4.69) is 22.9 Å². The molecule has 1 aliphatic rings. The summed E-state index contributed by atoms with van der Waals surface area (Å²) >= 11 is 0. The standard InChI is InChI=1S/C41H54BN7O10.Eu/c1-43(38(50)26-45-13-15-46(27-39(51)52)17-19-48(29-41(55)56)20-18-47(16-14-45)28-40(53)54)22-30-11-12-37-34(21-30)33-9-5-4-7-31(33)23-49(37)24-32-8-6-10-36(42(57)58)35(32)25-44(2)59-3;/h4-12,21,23,57-58H,13-20,22,24-29H2,1-3H3,(H2-,51,52,53,54,55,56);/q;+3/p+1. The van der Waals surface area contributed by atoms with Crippen LogP contribution < -0.4 is 10.0 Å². The zero-order valence-corrected chi connectivity index (χ0v) is 36.7. The Morgan fingerprint density at radius 3 is 1.75 bits per heavy atom. The summed E-state index contributed by atoms with van der Waals surface area (Å²) in [5, 5.41) is 53.6. The van der Waals surface area contributed by atoms with Gasteiger partial charge < -0.3 is 35.1 Å². The zero-order valence-electron chi connectivity index (χ0n) is 34.3. The maximum absolute atomic E-state index is 13.8. The number of rotatable bonds is 16. The Balaban J connectivity index is 0.00000794. The molecule has 1 aromatic heterocycles. The van der Waals surface area contributed by atoms with Gasteiger partial charge in [0.1, 0.15) is 0 Å². The molecule has 1 fully saturated rings. The van der Waals surface area contributed by atoms with E-state index in [0.717, 1.165) is 38.4 Å². The fraction of sp³-hybridized carbons (Fsp3) is 0.439. The molecule has 0 aliphatic carbocycles. The van der Waals surface area contributed by atoms with E-state index in [0.29, 0.717) is 64.4 Å². The number of aliphatic carboxylic acids is 3. The van der Waals surface area contributed by atoms with E-state index in [9.17, 15) is 44.5 Å². The second-order valence-electron chi connectivity index (χ2n) is 15.1. The second kappa shape index (κ2) is 23.7. The molecule has 1 amide bonds. The molecule has 4 aromatic rings. The van der Waals surface area contributed by atoms with Crippen LogP contribution in [0.4, 0.5) is 0 Å². The molecule has 60 heavy (non-hydrogen) atoms. The average Bonchev–Trinajstić information content (AvgIpc) is 3.18. The SMILES string of the molecule is CON(C)Cc1c(C[n+]2cc3ccccc3c3cc(CN(C)C(=O)CN4CCN(CC(=O)O)CCN(CC(=O)O)CCN(CC(=O)O)CC4)ccc32)cccc1B(O)O.[Eu+3]. The summed E-state index contributed by atoms with van der Waals surface area (Å²) in [6.07, 6.45) is 2.08. The Labute approximate surface area is 390 Å². The van der Waals surface area contributed by atoms with Gasteiger partial charge in [0, 0.05) is 102 Å². The molecule has 1 aliphatic heterocycles. The first kappa shape index (κ1) is 49.2. The number of pyridine rings is 1. The van der Waals surface area contributed by atoms with Crippen LogP contribution in [0, 0.1) is 49.4 Å². The quantitative estimate of drug-likeness (QED) is 0.0414. The molecular formula is C41H55BEuN7O10+4.